The van der Waals surface area contributed by atoms with Crippen LogP contribution in [-0.4, -0.2) is 44.3 Å². The zero-order chi connectivity index (χ0) is 31.2. The van der Waals surface area contributed by atoms with Gasteiger partial charge in [0.2, 0.25) is 11.8 Å². The standard InChI is InChI=1S/C31H36Cl3N3O4S/c1-6-28(31(39)35-17-20(2)3)36(18-23-12-13-24(32)16-27(23)34)30(38)19-37(29-9-7-8-26(33)22(29)5)42(40,41)25-14-10-21(4)11-15-25/h7-16,20,28H,6,17-19H2,1-5H3,(H,35,39)/t28-/m1/s1. The van der Waals surface area contributed by atoms with Crippen molar-refractivity contribution in [2.45, 2.75) is 58.5 Å². The lowest BCUT2D eigenvalue weighted by Gasteiger charge is -2.34. The van der Waals surface area contributed by atoms with Gasteiger partial charge in [-0.15, -0.1) is 0 Å². The first kappa shape index (κ1) is 33.7. The maximum absolute atomic E-state index is 14.2. The summed E-state index contributed by atoms with van der Waals surface area (Å²) in [7, 11) is -4.22. The van der Waals surface area contributed by atoms with E-state index in [0.29, 0.717) is 39.2 Å². The average Bonchev–Trinajstić information content (AvgIpc) is 2.93. The normalized spacial score (nSPS) is 12.2. The maximum atomic E-state index is 14.2. The van der Waals surface area contributed by atoms with Gasteiger partial charge >= 0.3 is 0 Å². The molecule has 0 aliphatic heterocycles. The SMILES string of the molecule is CC[C@H](C(=O)NCC(C)C)N(Cc1ccc(Cl)cc1Cl)C(=O)CN(c1cccc(Cl)c1C)S(=O)(=O)c1ccc(C)cc1. The molecule has 0 radical (unpaired) electrons. The number of hydrogen-bond donors (Lipinski definition) is 1. The zero-order valence-electron chi connectivity index (χ0n) is 24.3. The quantitative estimate of drug-likeness (QED) is 0.227. The van der Waals surface area contributed by atoms with Crippen molar-refractivity contribution in [1.29, 1.82) is 0 Å². The lowest BCUT2D eigenvalue weighted by atomic mass is 10.1. The Hall–Kier alpha value is -2.78. The number of aryl methyl sites for hydroxylation is 1. The van der Waals surface area contributed by atoms with Gasteiger partial charge in [0.1, 0.15) is 12.6 Å². The van der Waals surface area contributed by atoms with Gasteiger partial charge in [-0.25, -0.2) is 8.42 Å². The average molecular weight is 653 g/mol. The molecule has 0 spiro atoms. The van der Waals surface area contributed by atoms with Gasteiger partial charge in [-0.05, 0) is 73.7 Å². The van der Waals surface area contributed by atoms with E-state index >= 15 is 0 Å². The smallest absolute Gasteiger partial charge is 0.264 e. The van der Waals surface area contributed by atoms with E-state index in [1.807, 2.05) is 20.8 Å². The van der Waals surface area contributed by atoms with Crippen LogP contribution in [0.25, 0.3) is 0 Å². The summed E-state index contributed by atoms with van der Waals surface area (Å²) in [6.07, 6.45) is 0.293. The monoisotopic (exact) mass is 651 g/mol. The topological polar surface area (TPSA) is 86.8 Å². The molecule has 0 fully saturated rings. The molecule has 0 saturated carbocycles. The summed E-state index contributed by atoms with van der Waals surface area (Å²) in [6, 6.07) is 15.3. The van der Waals surface area contributed by atoms with E-state index in [1.165, 1.54) is 17.0 Å². The Morgan fingerprint density at radius 2 is 1.60 bits per heavy atom. The minimum Gasteiger partial charge on any atom is -0.354 e. The lowest BCUT2D eigenvalue weighted by Crippen LogP contribution is -2.52. The van der Waals surface area contributed by atoms with Crippen molar-refractivity contribution in [2.24, 2.45) is 5.92 Å². The van der Waals surface area contributed by atoms with E-state index in [9.17, 15) is 18.0 Å². The molecular weight excluding hydrogens is 617 g/mol. The van der Waals surface area contributed by atoms with Gasteiger partial charge in [0.05, 0.1) is 10.6 Å². The molecule has 0 aliphatic carbocycles. The second kappa shape index (κ2) is 14.6. The Morgan fingerprint density at radius 3 is 2.19 bits per heavy atom. The number of sulfonamides is 1. The van der Waals surface area contributed by atoms with Crippen LogP contribution in [0.5, 0.6) is 0 Å². The van der Waals surface area contributed by atoms with Gasteiger partial charge < -0.3 is 10.2 Å². The molecule has 0 bridgehead atoms. The number of carbonyl (C=O) groups excluding carboxylic acids is 2. The highest BCUT2D eigenvalue weighted by Crippen LogP contribution is 2.32. The Labute approximate surface area is 263 Å². The fourth-order valence-electron chi connectivity index (χ4n) is 4.39. The maximum Gasteiger partial charge on any atom is 0.264 e. The summed E-state index contributed by atoms with van der Waals surface area (Å²) in [4.78, 5) is 29.0. The number of hydrogen-bond acceptors (Lipinski definition) is 4. The van der Waals surface area contributed by atoms with E-state index in [2.05, 4.69) is 5.32 Å². The molecule has 0 unspecified atom stereocenters. The lowest BCUT2D eigenvalue weighted by molar-refractivity contribution is -0.140. The zero-order valence-corrected chi connectivity index (χ0v) is 27.4. The molecule has 2 amide bonds. The van der Waals surface area contributed by atoms with Crippen LogP contribution in [0.2, 0.25) is 15.1 Å². The predicted molar refractivity (Wildman–Crippen MR) is 171 cm³/mol. The van der Waals surface area contributed by atoms with Gasteiger partial charge in [-0.1, -0.05) is 85.4 Å². The first-order chi connectivity index (χ1) is 19.8. The van der Waals surface area contributed by atoms with Crippen molar-refractivity contribution < 1.29 is 18.0 Å². The summed E-state index contributed by atoms with van der Waals surface area (Å²) in [5.74, 6) is -0.721. The molecule has 1 atom stereocenters. The van der Waals surface area contributed by atoms with Gasteiger partial charge in [-0.2, -0.15) is 0 Å². The second-order valence-electron chi connectivity index (χ2n) is 10.5. The van der Waals surface area contributed by atoms with Crippen LogP contribution in [0, 0.1) is 19.8 Å². The van der Waals surface area contributed by atoms with E-state index < -0.39 is 28.5 Å². The molecule has 42 heavy (non-hydrogen) atoms. The van der Waals surface area contributed by atoms with Gasteiger partial charge in [0.25, 0.3) is 10.0 Å². The van der Waals surface area contributed by atoms with Crippen molar-refractivity contribution in [2.75, 3.05) is 17.4 Å². The van der Waals surface area contributed by atoms with Crippen LogP contribution in [0.1, 0.15) is 43.9 Å². The molecular formula is C31H36Cl3N3O4S. The largest absolute Gasteiger partial charge is 0.354 e. The van der Waals surface area contributed by atoms with Gasteiger partial charge in [-0.3, -0.25) is 13.9 Å². The van der Waals surface area contributed by atoms with Crippen LogP contribution < -0.4 is 9.62 Å². The van der Waals surface area contributed by atoms with Gasteiger partial charge in [0.15, 0.2) is 0 Å². The van der Waals surface area contributed by atoms with Crippen LogP contribution in [0.4, 0.5) is 5.69 Å². The number of carbonyl (C=O) groups is 2. The summed E-state index contributed by atoms with van der Waals surface area (Å²) in [6.45, 7) is 9.11. The van der Waals surface area contributed by atoms with Crippen molar-refractivity contribution in [1.82, 2.24) is 10.2 Å². The molecule has 0 aliphatic rings. The minimum atomic E-state index is -4.22. The molecule has 3 rings (SSSR count). The Morgan fingerprint density at radius 1 is 0.929 bits per heavy atom. The van der Waals surface area contributed by atoms with Gasteiger partial charge in [0, 0.05) is 28.2 Å². The highest BCUT2D eigenvalue weighted by Gasteiger charge is 2.34. The number of amides is 2. The number of benzene rings is 3. The fourth-order valence-corrected chi connectivity index (χ4v) is 6.50. The molecule has 0 heterocycles. The van der Waals surface area contributed by atoms with E-state index in [-0.39, 0.29) is 29.0 Å². The second-order valence-corrected chi connectivity index (χ2v) is 13.6. The molecule has 11 heteroatoms. The summed E-state index contributed by atoms with van der Waals surface area (Å²) in [5.41, 5.74) is 2.21. The highest BCUT2D eigenvalue weighted by molar-refractivity contribution is 7.92. The highest BCUT2D eigenvalue weighted by atomic mass is 35.5. The number of halogens is 3. The molecule has 0 aromatic heterocycles. The molecule has 226 valence electrons. The van der Waals surface area contributed by atoms with Crippen LogP contribution in [0.15, 0.2) is 65.6 Å². The Kier molecular flexibility index (Phi) is 11.7. The molecule has 3 aromatic carbocycles. The van der Waals surface area contributed by atoms with E-state index in [1.54, 1.807) is 62.4 Å². The molecule has 1 N–H and O–H groups in total. The third-order valence-electron chi connectivity index (χ3n) is 6.82. The van der Waals surface area contributed by atoms with Crippen molar-refractivity contribution in [3.05, 3.63) is 92.4 Å². The van der Waals surface area contributed by atoms with Crippen molar-refractivity contribution in [3.8, 4) is 0 Å². The van der Waals surface area contributed by atoms with Crippen LogP contribution in [0.3, 0.4) is 0 Å². The first-order valence-corrected chi connectivity index (χ1v) is 16.2. The van der Waals surface area contributed by atoms with E-state index in [4.69, 9.17) is 34.8 Å². The van der Waals surface area contributed by atoms with E-state index in [0.717, 1.165) is 9.87 Å². The number of nitrogens with zero attached hydrogens (tertiary/aromatic N) is 2. The van der Waals surface area contributed by atoms with Crippen LogP contribution >= 0.6 is 34.8 Å². The summed E-state index contributed by atoms with van der Waals surface area (Å²) >= 11 is 19.0. The first-order valence-electron chi connectivity index (χ1n) is 13.6. The number of nitrogens with one attached hydrogen (secondary N) is 1. The fraction of sp³-hybridized carbons (Fsp3) is 0.355. The molecule has 3 aromatic rings. The summed E-state index contributed by atoms with van der Waals surface area (Å²) < 4.78 is 29.2. The minimum absolute atomic E-state index is 0.0225. The third kappa shape index (κ3) is 8.19. The molecule has 0 saturated heterocycles. The van der Waals surface area contributed by atoms with Crippen molar-refractivity contribution >= 4 is 62.3 Å². The predicted octanol–water partition coefficient (Wildman–Crippen LogP) is 7.04. The van der Waals surface area contributed by atoms with Crippen LogP contribution in [-0.2, 0) is 26.2 Å². The van der Waals surface area contributed by atoms with Crippen molar-refractivity contribution in [3.63, 3.8) is 0 Å². The Bertz CT molecular complexity index is 1530. The summed E-state index contributed by atoms with van der Waals surface area (Å²) in [5, 5.41) is 4.01. The number of anilines is 1. The number of rotatable bonds is 12. The third-order valence-corrected chi connectivity index (χ3v) is 9.59. The Balaban J connectivity index is 2.11. The molecule has 7 nitrogen and oxygen atoms in total.